The van der Waals surface area contributed by atoms with Crippen LogP contribution in [0.1, 0.15) is 52.4 Å². The van der Waals surface area contributed by atoms with Crippen LogP contribution < -0.4 is 10.6 Å². The van der Waals surface area contributed by atoms with Crippen LogP contribution in [0, 0.1) is 0 Å². The Morgan fingerprint density at radius 3 is 2.74 bits per heavy atom. The Labute approximate surface area is 160 Å². The normalized spacial score (nSPS) is 19.3. The van der Waals surface area contributed by atoms with Crippen molar-refractivity contribution in [3.8, 4) is 0 Å². The summed E-state index contributed by atoms with van der Waals surface area (Å²) in [7, 11) is 1.84. The second-order valence-electron chi connectivity index (χ2n) is 5.97. The first-order chi connectivity index (χ1) is 10.8. The molecule has 1 rings (SSSR count). The van der Waals surface area contributed by atoms with Crippen molar-refractivity contribution >= 4 is 29.9 Å². The molecule has 0 saturated carbocycles. The fraction of sp³-hybridized carbons (Fsp3) is 0.941. The van der Waals surface area contributed by atoms with Crippen LogP contribution in [0.25, 0.3) is 0 Å². The van der Waals surface area contributed by atoms with Crippen LogP contribution in [0.15, 0.2) is 4.99 Å². The molecule has 6 heteroatoms. The first-order valence-corrected chi connectivity index (χ1v) is 9.08. The lowest BCUT2D eigenvalue weighted by molar-refractivity contribution is 0.145. The average molecular weight is 440 g/mol. The topological polar surface area (TPSA) is 48.9 Å². The van der Waals surface area contributed by atoms with Gasteiger partial charge < -0.3 is 15.4 Å². The van der Waals surface area contributed by atoms with Crippen molar-refractivity contribution in [2.24, 2.45) is 4.99 Å². The number of nitrogens with zero attached hydrogens (tertiary/aromatic N) is 2. The molecular weight excluding hydrogens is 403 g/mol. The van der Waals surface area contributed by atoms with Gasteiger partial charge in [0.1, 0.15) is 0 Å². The van der Waals surface area contributed by atoms with Crippen molar-refractivity contribution in [2.45, 2.75) is 58.4 Å². The molecule has 1 atom stereocenters. The summed E-state index contributed by atoms with van der Waals surface area (Å²) in [6, 6.07) is 0.655. The molecule has 23 heavy (non-hydrogen) atoms. The van der Waals surface area contributed by atoms with Crippen molar-refractivity contribution in [3.05, 3.63) is 0 Å². The first-order valence-electron chi connectivity index (χ1n) is 9.08. The highest BCUT2D eigenvalue weighted by Gasteiger charge is 2.21. The third-order valence-corrected chi connectivity index (χ3v) is 4.24. The van der Waals surface area contributed by atoms with Crippen molar-refractivity contribution in [2.75, 3.05) is 46.4 Å². The Hall–Kier alpha value is -0.0800. The van der Waals surface area contributed by atoms with E-state index in [1.54, 1.807) is 0 Å². The number of hydrogen-bond donors (Lipinski definition) is 2. The Morgan fingerprint density at radius 1 is 1.22 bits per heavy atom. The van der Waals surface area contributed by atoms with Crippen molar-refractivity contribution in [1.29, 1.82) is 0 Å². The van der Waals surface area contributed by atoms with E-state index in [-0.39, 0.29) is 24.0 Å². The number of guanidine groups is 1. The summed E-state index contributed by atoms with van der Waals surface area (Å²) in [4.78, 5) is 6.97. The number of unbranched alkanes of at least 4 members (excludes halogenated alkanes) is 1. The molecule has 0 bridgehead atoms. The minimum Gasteiger partial charge on any atom is -0.382 e. The zero-order valence-electron chi connectivity index (χ0n) is 15.3. The van der Waals surface area contributed by atoms with Crippen LogP contribution >= 0.6 is 24.0 Å². The van der Waals surface area contributed by atoms with Gasteiger partial charge in [0.25, 0.3) is 0 Å². The molecule has 1 heterocycles. The number of piperidine rings is 1. The SMILES string of the molecule is CCCCN1CCCCC1CNC(=NC)NCCCOCC.I. The van der Waals surface area contributed by atoms with E-state index in [0.29, 0.717) is 6.04 Å². The van der Waals surface area contributed by atoms with Crippen LogP contribution in [-0.2, 0) is 4.74 Å². The summed E-state index contributed by atoms with van der Waals surface area (Å²) in [6.07, 6.45) is 7.61. The Morgan fingerprint density at radius 2 is 2.04 bits per heavy atom. The molecule has 0 aromatic heterocycles. The fourth-order valence-electron chi connectivity index (χ4n) is 2.91. The molecule has 5 nitrogen and oxygen atoms in total. The molecule has 0 amide bonds. The molecule has 1 aliphatic rings. The monoisotopic (exact) mass is 440 g/mol. The van der Waals surface area contributed by atoms with Gasteiger partial charge in [-0.05, 0) is 45.7 Å². The average Bonchev–Trinajstić information content (AvgIpc) is 2.56. The maximum Gasteiger partial charge on any atom is 0.191 e. The Bertz CT molecular complexity index is 302. The van der Waals surface area contributed by atoms with Crippen LogP contribution in [0.4, 0.5) is 0 Å². The standard InChI is InChI=1S/C17H36N4O.HI/c1-4-6-12-21-13-8-7-10-16(21)15-20-17(18-3)19-11-9-14-22-5-2;/h16H,4-15H2,1-3H3,(H2,18,19,20);1H. The fourth-order valence-corrected chi connectivity index (χ4v) is 2.91. The van der Waals surface area contributed by atoms with E-state index in [4.69, 9.17) is 4.74 Å². The molecule has 0 aromatic carbocycles. The second-order valence-corrected chi connectivity index (χ2v) is 5.97. The highest BCUT2D eigenvalue weighted by Crippen LogP contribution is 2.16. The summed E-state index contributed by atoms with van der Waals surface area (Å²) in [6.45, 7) is 10.3. The summed E-state index contributed by atoms with van der Waals surface area (Å²) in [5, 5.41) is 6.86. The molecule has 1 fully saturated rings. The molecule has 0 aliphatic carbocycles. The van der Waals surface area contributed by atoms with Gasteiger partial charge in [-0.25, -0.2) is 0 Å². The summed E-state index contributed by atoms with van der Waals surface area (Å²) >= 11 is 0. The Kier molecular flexibility index (Phi) is 15.4. The largest absolute Gasteiger partial charge is 0.382 e. The maximum atomic E-state index is 5.35. The lowest BCUT2D eigenvalue weighted by Crippen LogP contribution is -2.49. The smallest absolute Gasteiger partial charge is 0.191 e. The summed E-state index contributed by atoms with van der Waals surface area (Å²) in [5.74, 6) is 0.914. The number of hydrogen-bond acceptors (Lipinski definition) is 3. The lowest BCUT2D eigenvalue weighted by Gasteiger charge is -2.36. The quantitative estimate of drug-likeness (QED) is 0.238. The molecule has 0 spiro atoms. The van der Waals surface area contributed by atoms with Gasteiger partial charge in [0.15, 0.2) is 5.96 Å². The van der Waals surface area contributed by atoms with Crippen molar-refractivity contribution in [3.63, 3.8) is 0 Å². The van der Waals surface area contributed by atoms with Crippen LogP contribution in [0.5, 0.6) is 0 Å². The number of nitrogens with one attached hydrogen (secondary N) is 2. The van der Waals surface area contributed by atoms with E-state index in [1.807, 2.05) is 14.0 Å². The van der Waals surface area contributed by atoms with Crippen molar-refractivity contribution in [1.82, 2.24) is 15.5 Å². The summed E-state index contributed by atoms with van der Waals surface area (Å²) in [5.41, 5.74) is 0. The van der Waals surface area contributed by atoms with Gasteiger partial charge in [-0.15, -0.1) is 24.0 Å². The highest BCUT2D eigenvalue weighted by atomic mass is 127. The number of rotatable bonds is 10. The van der Waals surface area contributed by atoms with E-state index in [2.05, 4.69) is 27.4 Å². The van der Waals surface area contributed by atoms with E-state index in [0.717, 1.165) is 38.7 Å². The zero-order chi connectivity index (χ0) is 16.0. The molecule has 1 aliphatic heterocycles. The molecule has 138 valence electrons. The number of halogens is 1. The van der Waals surface area contributed by atoms with Gasteiger partial charge >= 0.3 is 0 Å². The Balaban J connectivity index is 0.00000484. The number of ether oxygens (including phenoxy) is 1. The number of likely N-dealkylation sites (tertiary alicyclic amines) is 1. The van der Waals surface area contributed by atoms with Gasteiger partial charge in [-0.2, -0.15) is 0 Å². The molecule has 2 N–H and O–H groups in total. The molecule has 0 aromatic rings. The minimum absolute atomic E-state index is 0. The molecule has 1 unspecified atom stereocenters. The van der Waals surface area contributed by atoms with Crippen LogP contribution in [-0.4, -0.2) is 63.3 Å². The number of aliphatic imine (C=N–C) groups is 1. The van der Waals surface area contributed by atoms with Gasteiger partial charge in [0.2, 0.25) is 0 Å². The first kappa shape index (κ1) is 22.9. The van der Waals surface area contributed by atoms with Crippen LogP contribution in [0.2, 0.25) is 0 Å². The predicted molar refractivity (Wildman–Crippen MR) is 110 cm³/mol. The van der Waals surface area contributed by atoms with Gasteiger partial charge in [0, 0.05) is 39.4 Å². The summed E-state index contributed by atoms with van der Waals surface area (Å²) < 4.78 is 5.35. The third-order valence-electron chi connectivity index (χ3n) is 4.24. The molecule has 1 saturated heterocycles. The van der Waals surface area contributed by atoms with E-state index < -0.39 is 0 Å². The van der Waals surface area contributed by atoms with Gasteiger partial charge in [-0.1, -0.05) is 19.8 Å². The highest BCUT2D eigenvalue weighted by molar-refractivity contribution is 14.0. The second kappa shape index (κ2) is 15.4. The van der Waals surface area contributed by atoms with Crippen molar-refractivity contribution < 1.29 is 4.74 Å². The van der Waals surface area contributed by atoms with Crippen LogP contribution in [0.3, 0.4) is 0 Å². The maximum absolute atomic E-state index is 5.35. The van der Waals surface area contributed by atoms with E-state index in [9.17, 15) is 0 Å². The third kappa shape index (κ3) is 10.4. The predicted octanol–water partition coefficient (Wildman–Crippen LogP) is 2.85. The minimum atomic E-state index is 0. The lowest BCUT2D eigenvalue weighted by atomic mass is 10.0. The van der Waals surface area contributed by atoms with E-state index in [1.165, 1.54) is 45.2 Å². The zero-order valence-corrected chi connectivity index (χ0v) is 17.6. The molecule has 0 radical (unpaired) electrons. The van der Waals surface area contributed by atoms with E-state index >= 15 is 0 Å². The van der Waals surface area contributed by atoms with Gasteiger partial charge in [0.05, 0.1) is 0 Å². The van der Waals surface area contributed by atoms with Gasteiger partial charge in [-0.3, -0.25) is 9.89 Å². The molecular formula is C17H37IN4O.